The van der Waals surface area contributed by atoms with Crippen molar-refractivity contribution in [3.05, 3.63) is 28.8 Å². The second-order valence-electron chi connectivity index (χ2n) is 6.84. The van der Waals surface area contributed by atoms with Crippen LogP contribution in [-0.4, -0.2) is 42.3 Å². The van der Waals surface area contributed by atoms with Gasteiger partial charge in [0, 0.05) is 16.9 Å². The molecule has 5 nitrogen and oxygen atoms in total. The zero-order chi connectivity index (χ0) is 19.6. The Morgan fingerprint density at radius 1 is 1.26 bits per heavy atom. The average molecular weight is 439 g/mol. The first-order valence-electron chi connectivity index (χ1n) is 8.21. The molecule has 3 fully saturated rings. The van der Waals surface area contributed by atoms with Crippen LogP contribution in [0.2, 0.25) is 5.02 Å². The molecule has 1 aromatic rings. The number of thioether (sulfide) groups is 1. The molecule has 1 saturated carbocycles. The minimum atomic E-state index is -4.65. The van der Waals surface area contributed by atoms with Crippen LogP contribution in [0.3, 0.4) is 0 Å². The summed E-state index contributed by atoms with van der Waals surface area (Å²) in [6.45, 7) is 0. The number of benzene rings is 1. The molecule has 2 saturated heterocycles. The highest BCUT2D eigenvalue weighted by atomic mass is 35.5. The van der Waals surface area contributed by atoms with Crippen molar-refractivity contribution in [1.82, 2.24) is 0 Å². The first-order chi connectivity index (χ1) is 12.5. The van der Waals surface area contributed by atoms with Gasteiger partial charge in [-0.3, -0.25) is 4.79 Å². The number of rotatable bonds is 2. The average Bonchev–Trinajstić information content (AvgIpc) is 3.28. The number of nitrogens with zero attached hydrogens (tertiary/aromatic N) is 2. The van der Waals surface area contributed by atoms with E-state index in [1.807, 2.05) is 0 Å². The maximum atomic E-state index is 13.2. The molecule has 1 aromatic carbocycles. The van der Waals surface area contributed by atoms with Crippen molar-refractivity contribution in [2.24, 2.45) is 10.9 Å². The number of amides is 1. The van der Waals surface area contributed by atoms with Crippen LogP contribution in [0.4, 0.5) is 18.9 Å². The van der Waals surface area contributed by atoms with E-state index in [0.29, 0.717) is 0 Å². The van der Waals surface area contributed by atoms with Crippen LogP contribution in [0.5, 0.6) is 0 Å². The van der Waals surface area contributed by atoms with E-state index in [9.17, 15) is 26.4 Å². The summed E-state index contributed by atoms with van der Waals surface area (Å²) in [5.41, 5.74) is -0.880. The minimum absolute atomic E-state index is 0.0881. The van der Waals surface area contributed by atoms with Crippen LogP contribution in [0.25, 0.3) is 0 Å². The first kappa shape index (κ1) is 19.1. The Hall–Kier alpha value is -1.26. The van der Waals surface area contributed by atoms with Crippen molar-refractivity contribution in [2.45, 2.75) is 30.3 Å². The highest BCUT2D eigenvalue weighted by Crippen LogP contribution is 2.44. The van der Waals surface area contributed by atoms with E-state index >= 15 is 0 Å². The lowest BCUT2D eigenvalue weighted by Crippen LogP contribution is -2.38. The lowest BCUT2D eigenvalue weighted by Gasteiger charge is -2.25. The van der Waals surface area contributed by atoms with Gasteiger partial charge >= 0.3 is 6.18 Å². The Balaban J connectivity index is 1.77. The molecule has 0 radical (unpaired) electrons. The van der Waals surface area contributed by atoms with Gasteiger partial charge in [0.1, 0.15) is 0 Å². The van der Waals surface area contributed by atoms with Gasteiger partial charge in [0.2, 0.25) is 0 Å². The number of aliphatic imine (C=N–C) groups is 1. The van der Waals surface area contributed by atoms with Gasteiger partial charge in [0.25, 0.3) is 5.91 Å². The molecule has 0 spiro atoms. The Morgan fingerprint density at radius 3 is 2.59 bits per heavy atom. The third kappa shape index (κ3) is 3.71. The summed E-state index contributed by atoms with van der Waals surface area (Å²) >= 11 is 6.83. The molecule has 27 heavy (non-hydrogen) atoms. The van der Waals surface area contributed by atoms with Crippen LogP contribution in [0, 0.1) is 5.92 Å². The summed E-state index contributed by atoms with van der Waals surface area (Å²) in [6, 6.07) is 2.84. The van der Waals surface area contributed by atoms with Crippen molar-refractivity contribution < 1.29 is 26.4 Å². The van der Waals surface area contributed by atoms with Crippen molar-refractivity contribution in [3.63, 3.8) is 0 Å². The number of hydrogen-bond donors (Lipinski definition) is 0. The van der Waals surface area contributed by atoms with Crippen LogP contribution < -0.4 is 4.90 Å². The summed E-state index contributed by atoms with van der Waals surface area (Å²) in [6.07, 6.45) is -3.15. The predicted octanol–water partition coefficient (Wildman–Crippen LogP) is 3.37. The predicted molar refractivity (Wildman–Crippen MR) is 97.9 cm³/mol. The lowest BCUT2D eigenvalue weighted by molar-refractivity contribution is -0.137. The highest BCUT2D eigenvalue weighted by molar-refractivity contribution is 8.16. The molecule has 3 aliphatic rings. The SMILES string of the molecule is O=C(N=C1S[C@H]2CS(=O)(=O)C[C@@H]2N1c1ccc(Cl)c(C(F)(F)F)c1)C1CC1. The van der Waals surface area contributed by atoms with E-state index < -0.39 is 32.6 Å². The molecule has 11 heteroatoms. The monoisotopic (exact) mass is 438 g/mol. The maximum Gasteiger partial charge on any atom is 0.417 e. The molecule has 1 aliphatic carbocycles. The van der Waals surface area contributed by atoms with Gasteiger partial charge in [-0.2, -0.15) is 18.2 Å². The van der Waals surface area contributed by atoms with Gasteiger partial charge in [-0.15, -0.1) is 0 Å². The molecule has 2 atom stereocenters. The molecule has 1 amide bonds. The molecule has 0 unspecified atom stereocenters. The Morgan fingerprint density at radius 2 is 1.96 bits per heavy atom. The minimum Gasteiger partial charge on any atom is -0.316 e. The number of halogens is 4. The van der Waals surface area contributed by atoms with Crippen molar-refractivity contribution in [3.8, 4) is 0 Å². The van der Waals surface area contributed by atoms with Crippen LogP contribution in [0.1, 0.15) is 18.4 Å². The van der Waals surface area contributed by atoms with E-state index in [1.165, 1.54) is 11.0 Å². The van der Waals surface area contributed by atoms with Crippen LogP contribution in [-0.2, 0) is 20.8 Å². The number of carbonyl (C=O) groups excluding carboxylic acids is 1. The quantitative estimate of drug-likeness (QED) is 0.708. The second-order valence-corrected chi connectivity index (χ2v) is 10.6. The van der Waals surface area contributed by atoms with Crippen LogP contribution >= 0.6 is 23.4 Å². The van der Waals surface area contributed by atoms with Gasteiger partial charge < -0.3 is 4.90 Å². The van der Waals surface area contributed by atoms with E-state index in [0.717, 1.165) is 36.7 Å². The van der Waals surface area contributed by atoms with E-state index in [2.05, 4.69) is 4.99 Å². The fourth-order valence-corrected chi connectivity index (χ4v) is 7.41. The van der Waals surface area contributed by atoms with E-state index in [4.69, 9.17) is 11.6 Å². The Bertz CT molecular complexity index is 945. The van der Waals surface area contributed by atoms with Crippen molar-refractivity contribution >= 4 is 50.0 Å². The normalized spacial score (nSPS) is 28.6. The molecular formula is C16H14ClF3N2O3S2. The zero-order valence-electron chi connectivity index (χ0n) is 13.7. The molecule has 2 heterocycles. The lowest BCUT2D eigenvalue weighted by atomic mass is 10.1. The molecule has 0 aromatic heterocycles. The van der Waals surface area contributed by atoms with Gasteiger partial charge in [0.15, 0.2) is 15.0 Å². The van der Waals surface area contributed by atoms with Gasteiger partial charge in [-0.1, -0.05) is 23.4 Å². The summed E-state index contributed by atoms with van der Waals surface area (Å²) in [4.78, 5) is 17.7. The van der Waals surface area contributed by atoms with Crippen LogP contribution in [0.15, 0.2) is 23.2 Å². The van der Waals surface area contributed by atoms with E-state index in [1.54, 1.807) is 0 Å². The molecule has 0 N–H and O–H groups in total. The van der Waals surface area contributed by atoms with Gasteiger partial charge in [-0.25, -0.2) is 8.42 Å². The maximum absolute atomic E-state index is 13.2. The number of carbonyl (C=O) groups is 1. The molecule has 2 aliphatic heterocycles. The Labute approximate surface area is 162 Å². The third-order valence-corrected chi connectivity index (χ3v) is 8.27. The highest BCUT2D eigenvalue weighted by Gasteiger charge is 2.50. The number of alkyl halides is 3. The van der Waals surface area contributed by atoms with Crippen molar-refractivity contribution in [2.75, 3.05) is 16.4 Å². The summed E-state index contributed by atoms with van der Waals surface area (Å²) in [7, 11) is -3.30. The third-order valence-electron chi connectivity index (χ3n) is 4.73. The molecule has 146 valence electrons. The summed E-state index contributed by atoms with van der Waals surface area (Å²) in [5, 5.41) is -0.556. The molecule has 4 rings (SSSR count). The van der Waals surface area contributed by atoms with E-state index in [-0.39, 0.29) is 39.4 Å². The summed E-state index contributed by atoms with van der Waals surface area (Å²) < 4.78 is 63.7. The topological polar surface area (TPSA) is 66.8 Å². The smallest absolute Gasteiger partial charge is 0.316 e. The largest absolute Gasteiger partial charge is 0.417 e. The fourth-order valence-electron chi connectivity index (χ4n) is 3.26. The zero-order valence-corrected chi connectivity index (χ0v) is 16.1. The van der Waals surface area contributed by atoms with Crippen molar-refractivity contribution in [1.29, 1.82) is 0 Å². The number of amidine groups is 1. The number of hydrogen-bond acceptors (Lipinski definition) is 4. The standard InChI is InChI=1S/C16H14ClF3N2O3S2/c17-11-4-3-9(5-10(11)16(18,19)20)22-12-6-27(24,25)7-13(12)26-15(22)21-14(23)8-1-2-8/h3-5,8,12-13H,1-2,6-7H2/t12-,13-/m0/s1. The second kappa shape index (κ2) is 6.38. The molecular weight excluding hydrogens is 425 g/mol. The Kier molecular flexibility index (Phi) is 4.51. The number of sulfone groups is 1. The molecule has 0 bridgehead atoms. The first-order valence-corrected chi connectivity index (χ1v) is 11.3. The number of fused-ring (bicyclic) bond motifs is 1. The number of anilines is 1. The van der Waals surface area contributed by atoms with Gasteiger partial charge in [0.05, 0.1) is 28.1 Å². The summed E-state index contributed by atoms with van der Waals surface area (Å²) in [5.74, 6) is -0.726. The van der Waals surface area contributed by atoms with Gasteiger partial charge in [-0.05, 0) is 31.0 Å². The fraction of sp³-hybridized carbons (Fsp3) is 0.500.